The summed E-state index contributed by atoms with van der Waals surface area (Å²) in [7, 11) is 0. The van der Waals surface area contributed by atoms with Crippen molar-refractivity contribution in [3.63, 3.8) is 0 Å². The standard InChI is InChI=1S/C7H10N2O2/c10-3-7-5-4-11-2-1-6(5)8-9-7/h10H,1-4H2,(H,8,9). The molecule has 2 rings (SSSR count). The zero-order valence-corrected chi connectivity index (χ0v) is 6.13. The van der Waals surface area contributed by atoms with Gasteiger partial charge in [0.2, 0.25) is 0 Å². The first-order valence-corrected chi connectivity index (χ1v) is 3.65. The number of rotatable bonds is 1. The van der Waals surface area contributed by atoms with Gasteiger partial charge < -0.3 is 9.84 Å². The molecule has 0 fully saturated rings. The second kappa shape index (κ2) is 2.64. The average molecular weight is 154 g/mol. The fraction of sp³-hybridized carbons (Fsp3) is 0.571. The van der Waals surface area contributed by atoms with Crippen molar-refractivity contribution < 1.29 is 9.84 Å². The molecule has 1 aliphatic heterocycles. The molecule has 1 aromatic heterocycles. The van der Waals surface area contributed by atoms with Crippen molar-refractivity contribution in [1.82, 2.24) is 10.2 Å². The lowest BCUT2D eigenvalue weighted by Crippen LogP contribution is -2.09. The van der Waals surface area contributed by atoms with Crippen molar-refractivity contribution >= 4 is 0 Å². The summed E-state index contributed by atoms with van der Waals surface area (Å²) in [5, 5.41) is 15.7. The minimum atomic E-state index is -0.00477. The number of hydrogen-bond donors (Lipinski definition) is 2. The number of aromatic nitrogens is 2. The summed E-state index contributed by atoms with van der Waals surface area (Å²) in [5.41, 5.74) is 2.87. The van der Waals surface area contributed by atoms with E-state index in [9.17, 15) is 0 Å². The van der Waals surface area contributed by atoms with Crippen LogP contribution in [0.2, 0.25) is 0 Å². The topological polar surface area (TPSA) is 58.1 Å². The Morgan fingerprint density at radius 3 is 3.36 bits per heavy atom. The van der Waals surface area contributed by atoms with Crippen LogP contribution in [-0.2, 0) is 24.4 Å². The van der Waals surface area contributed by atoms with Gasteiger partial charge in [-0.15, -0.1) is 0 Å². The molecule has 0 radical (unpaired) electrons. The van der Waals surface area contributed by atoms with Crippen molar-refractivity contribution in [2.75, 3.05) is 6.61 Å². The molecular weight excluding hydrogens is 144 g/mol. The fourth-order valence-electron chi connectivity index (χ4n) is 1.30. The van der Waals surface area contributed by atoms with E-state index in [1.165, 1.54) is 0 Å². The summed E-state index contributed by atoms with van der Waals surface area (Å²) >= 11 is 0. The SMILES string of the molecule is OCc1n[nH]c2c1COCC2. The van der Waals surface area contributed by atoms with E-state index in [0.29, 0.717) is 6.61 Å². The van der Waals surface area contributed by atoms with Crippen molar-refractivity contribution in [3.05, 3.63) is 17.0 Å². The summed E-state index contributed by atoms with van der Waals surface area (Å²) < 4.78 is 5.23. The number of aromatic amines is 1. The van der Waals surface area contributed by atoms with Gasteiger partial charge in [0.15, 0.2) is 0 Å². The van der Waals surface area contributed by atoms with Crippen molar-refractivity contribution in [2.24, 2.45) is 0 Å². The van der Waals surface area contributed by atoms with Gasteiger partial charge in [0.25, 0.3) is 0 Å². The van der Waals surface area contributed by atoms with E-state index >= 15 is 0 Å². The van der Waals surface area contributed by atoms with Crippen molar-refractivity contribution in [2.45, 2.75) is 19.6 Å². The maximum atomic E-state index is 8.84. The largest absolute Gasteiger partial charge is 0.390 e. The molecule has 0 amide bonds. The van der Waals surface area contributed by atoms with E-state index < -0.39 is 0 Å². The molecule has 0 aromatic carbocycles. The van der Waals surface area contributed by atoms with E-state index in [1.54, 1.807) is 0 Å². The molecule has 4 nitrogen and oxygen atoms in total. The third kappa shape index (κ3) is 1.04. The van der Waals surface area contributed by atoms with Crippen LogP contribution in [0.4, 0.5) is 0 Å². The number of aliphatic hydroxyl groups excluding tert-OH is 1. The molecule has 0 saturated carbocycles. The van der Waals surface area contributed by atoms with E-state index in [-0.39, 0.29) is 6.61 Å². The first-order chi connectivity index (χ1) is 5.42. The van der Waals surface area contributed by atoms with Gasteiger partial charge in [0.05, 0.1) is 25.5 Å². The van der Waals surface area contributed by atoms with Crippen molar-refractivity contribution in [3.8, 4) is 0 Å². The summed E-state index contributed by atoms with van der Waals surface area (Å²) in [5.74, 6) is 0. The highest BCUT2D eigenvalue weighted by Crippen LogP contribution is 2.17. The number of H-pyrrole nitrogens is 1. The Kier molecular flexibility index (Phi) is 1.63. The van der Waals surface area contributed by atoms with E-state index in [2.05, 4.69) is 10.2 Å². The highest BCUT2D eigenvalue weighted by atomic mass is 16.5. The van der Waals surface area contributed by atoms with Gasteiger partial charge in [0.1, 0.15) is 0 Å². The molecule has 0 atom stereocenters. The number of fused-ring (bicyclic) bond motifs is 1. The maximum absolute atomic E-state index is 8.84. The molecule has 1 aromatic rings. The Hall–Kier alpha value is -0.870. The van der Waals surface area contributed by atoms with Crippen LogP contribution in [0.5, 0.6) is 0 Å². The average Bonchev–Trinajstić information content (AvgIpc) is 2.47. The number of hydrogen-bond acceptors (Lipinski definition) is 3. The predicted molar refractivity (Wildman–Crippen MR) is 37.9 cm³/mol. The Bertz CT molecular complexity index is 243. The minimum Gasteiger partial charge on any atom is -0.390 e. The number of nitrogens with zero attached hydrogens (tertiary/aromatic N) is 1. The van der Waals surface area contributed by atoms with E-state index in [4.69, 9.17) is 9.84 Å². The molecular formula is C7H10N2O2. The predicted octanol–water partition coefficient (Wildman–Crippen LogP) is -0.0253. The Morgan fingerprint density at radius 2 is 2.55 bits per heavy atom. The smallest absolute Gasteiger partial charge is 0.0934 e. The molecule has 0 saturated heterocycles. The Labute approximate surface area is 64.2 Å². The van der Waals surface area contributed by atoms with Gasteiger partial charge in [-0.3, -0.25) is 5.10 Å². The lowest BCUT2D eigenvalue weighted by Gasteiger charge is -2.11. The lowest BCUT2D eigenvalue weighted by molar-refractivity contribution is 0.108. The molecule has 0 unspecified atom stereocenters. The Morgan fingerprint density at radius 1 is 1.64 bits per heavy atom. The molecule has 60 valence electrons. The molecule has 4 heteroatoms. The molecule has 0 aliphatic carbocycles. The molecule has 2 heterocycles. The highest BCUT2D eigenvalue weighted by molar-refractivity contribution is 5.25. The van der Waals surface area contributed by atoms with Crippen LogP contribution in [0.25, 0.3) is 0 Å². The summed E-state index contributed by atoms with van der Waals surface area (Å²) in [6, 6.07) is 0. The molecule has 0 bridgehead atoms. The van der Waals surface area contributed by atoms with Crippen LogP contribution >= 0.6 is 0 Å². The third-order valence-electron chi connectivity index (χ3n) is 1.93. The van der Waals surface area contributed by atoms with Gasteiger partial charge in [0, 0.05) is 17.7 Å². The van der Waals surface area contributed by atoms with Crippen LogP contribution in [0.3, 0.4) is 0 Å². The van der Waals surface area contributed by atoms with Crippen LogP contribution < -0.4 is 0 Å². The summed E-state index contributed by atoms with van der Waals surface area (Å²) in [4.78, 5) is 0. The quantitative estimate of drug-likeness (QED) is 0.597. The highest BCUT2D eigenvalue weighted by Gasteiger charge is 2.15. The summed E-state index contributed by atoms with van der Waals surface area (Å²) in [6.07, 6.45) is 0.877. The van der Waals surface area contributed by atoms with Crippen LogP contribution in [0, 0.1) is 0 Å². The van der Waals surface area contributed by atoms with E-state index in [1.807, 2.05) is 0 Å². The van der Waals surface area contributed by atoms with Gasteiger partial charge in [-0.05, 0) is 0 Å². The number of ether oxygens (including phenoxy) is 1. The molecule has 0 spiro atoms. The second-order valence-corrected chi connectivity index (χ2v) is 2.59. The maximum Gasteiger partial charge on any atom is 0.0934 e. The minimum absolute atomic E-state index is 0.00477. The molecule has 2 N–H and O–H groups in total. The lowest BCUT2D eigenvalue weighted by atomic mass is 10.1. The summed E-state index contributed by atoms with van der Waals surface area (Å²) in [6.45, 7) is 1.33. The van der Waals surface area contributed by atoms with Crippen LogP contribution in [0.1, 0.15) is 17.0 Å². The van der Waals surface area contributed by atoms with Gasteiger partial charge in [-0.25, -0.2) is 0 Å². The van der Waals surface area contributed by atoms with Crippen LogP contribution in [0.15, 0.2) is 0 Å². The van der Waals surface area contributed by atoms with Crippen LogP contribution in [-0.4, -0.2) is 21.9 Å². The van der Waals surface area contributed by atoms with E-state index in [0.717, 1.165) is 30.0 Å². The zero-order chi connectivity index (χ0) is 7.68. The zero-order valence-electron chi connectivity index (χ0n) is 6.13. The van der Waals surface area contributed by atoms with Gasteiger partial charge >= 0.3 is 0 Å². The number of nitrogens with one attached hydrogen (secondary N) is 1. The molecule has 11 heavy (non-hydrogen) atoms. The third-order valence-corrected chi connectivity index (χ3v) is 1.93. The first-order valence-electron chi connectivity index (χ1n) is 3.65. The first kappa shape index (κ1) is 6.82. The number of aliphatic hydroxyl groups is 1. The monoisotopic (exact) mass is 154 g/mol. The van der Waals surface area contributed by atoms with Crippen molar-refractivity contribution in [1.29, 1.82) is 0 Å². The second-order valence-electron chi connectivity index (χ2n) is 2.59. The fourth-order valence-corrected chi connectivity index (χ4v) is 1.30. The normalized spacial score (nSPS) is 16.5. The van der Waals surface area contributed by atoms with Gasteiger partial charge in [-0.2, -0.15) is 5.10 Å². The molecule has 1 aliphatic rings. The Balaban J connectivity index is 2.38. The van der Waals surface area contributed by atoms with Gasteiger partial charge in [-0.1, -0.05) is 0 Å².